The molecular formula is C26H26F3N5O2S. The summed E-state index contributed by atoms with van der Waals surface area (Å²) < 4.78 is 45.7. The topological polar surface area (TPSA) is 75.4 Å². The van der Waals surface area contributed by atoms with E-state index in [0.29, 0.717) is 62.0 Å². The van der Waals surface area contributed by atoms with Crippen molar-refractivity contribution in [3.63, 3.8) is 0 Å². The molecule has 3 aromatic heterocycles. The van der Waals surface area contributed by atoms with E-state index in [4.69, 9.17) is 9.51 Å². The highest BCUT2D eigenvalue weighted by molar-refractivity contribution is 7.10. The zero-order valence-corrected chi connectivity index (χ0v) is 21.3. The van der Waals surface area contributed by atoms with E-state index in [9.17, 15) is 18.0 Å². The first-order valence-electron chi connectivity index (χ1n) is 12.1. The summed E-state index contributed by atoms with van der Waals surface area (Å²) in [7, 11) is 0. The van der Waals surface area contributed by atoms with Gasteiger partial charge in [0.05, 0.1) is 12.0 Å². The fourth-order valence-corrected chi connectivity index (χ4v) is 5.14. The molecule has 1 aliphatic rings. The van der Waals surface area contributed by atoms with Crippen LogP contribution in [0.25, 0.3) is 22.4 Å². The van der Waals surface area contributed by atoms with Gasteiger partial charge in [0.1, 0.15) is 22.7 Å². The average Bonchev–Trinajstić information content (AvgIpc) is 3.53. The van der Waals surface area contributed by atoms with Crippen molar-refractivity contribution in [2.45, 2.75) is 32.9 Å². The van der Waals surface area contributed by atoms with Gasteiger partial charge in [0.2, 0.25) is 5.91 Å². The molecular weight excluding hydrogens is 503 g/mol. The fourth-order valence-electron chi connectivity index (χ4n) is 4.45. The van der Waals surface area contributed by atoms with Crippen molar-refractivity contribution in [3.05, 3.63) is 58.0 Å². The number of halogens is 3. The summed E-state index contributed by atoms with van der Waals surface area (Å²) in [5.41, 5.74) is 0.0189. The average molecular weight is 530 g/mol. The number of hydrogen-bond acceptors (Lipinski definition) is 7. The van der Waals surface area contributed by atoms with Gasteiger partial charge in [-0.15, -0.1) is 11.3 Å². The number of rotatable bonds is 6. The number of fused-ring (bicyclic) bond motifs is 1. The summed E-state index contributed by atoms with van der Waals surface area (Å²) in [6.45, 7) is 6.19. The minimum Gasteiger partial charge on any atom is -0.352 e. The number of hydrogen-bond donors (Lipinski definition) is 0. The number of nitrogens with zero attached hydrogens (tertiary/aromatic N) is 5. The maximum atomic E-state index is 13.4. The predicted octanol–water partition coefficient (Wildman–Crippen LogP) is 5.45. The predicted molar refractivity (Wildman–Crippen MR) is 135 cm³/mol. The van der Waals surface area contributed by atoms with Crippen LogP contribution in [0.4, 0.5) is 19.0 Å². The molecule has 1 aromatic carbocycles. The second-order valence-corrected chi connectivity index (χ2v) is 10.5. The van der Waals surface area contributed by atoms with Crippen LogP contribution in [0, 0.1) is 5.92 Å². The summed E-state index contributed by atoms with van der Waals surface area (Å²) in [6.07, 6.45) is -3.49. The maximum Gasteiger partial charge on any atom is 0.416 e. The summed E-state index contributed by atoms with van der Waals surface area (Å²) in [6, 6.07) is 8.89. The van der Waals surface area contributed by atoms with Gasteiger partial charge in [-0.2, -0.15) is 18.2 Å². The van der Waals surface area contributed by atoms with E-state index in [1.807, 2.05) is 27.3 Å². The molecule has 5 rings (SSSR count). The number of benzene rings is 1. The third kappa shape index (κ3) is 5.46. The second kappa shape index (κ2) is 10.1. The zero-order chi connectivity index (χ0) is 26.2. The van der Waals surface area contributed by atoms with Crippen molar-refractivity contribution in [2.75, 3.05) is 31.1 Å². The summed E-state index contributed by atoms with van der Waals surface area (Å²) in [5.74, 6) is 1.52. The number of thiophene rings is 1. The van der Waals surface area contributed by atoms with Crippen LogP contribution in [0.5, 0.6) is 0 Å². The van der Waals surface area contributed by atoms with Crippen LogP contribution in [-0.2, 0) is 23.8 Å². The van der Waals surface area contributed by atoms with Crippen LogP contribution in [0.3, 0.4) is 0 Å². The molecule has 194 valence electrons. The Bertz CT molecular complexity index is 1390. The van der Waals surface area contributed by atoms with E-state index >= 15 is 0 Å². The Morgan fingerprint density at radius 2 is 1.89 bits per heavy atom. The zero-order valence-electron chi connectivity index (χ0n) is 20.5. The molecule has 0 N–H and O–H groups in total. The SMILES string of the molecule is CC(C)Cc1nc(N2CCN(C(=O)Cc3cccs3)CC2)c2c(-c3cccc(C(F)(F)F)c3)noc2n1. The van der Waals surface area contributed by atoms with E-state index in [-0.39, 0.29) is 22.9 Å². The van der Waals surface area contributed by atoms with Crippen LogP contribution in [0.15, 0.2) is 46.3 Å². The van der Waals surface area contributed by atoms with Crippen molar-refractivity contribution in [2.24, 2.45) is 5.92 Å². The fraction of sp³-hybridized carbons (Fsp3) is 0.385. The third-order valence-corrected chi connectivity index (χ3v) is 7.13. The molecule has 1 saturated heterocycles. The van der Waals surface area contributed by atoms with E-state index in [1.165, 1.54) is 6.07 Å². The van der Waals surface area contributed by atoms with Crippen LogP contribution in [-0.4, -0.2) is 52.1 Å². The Labute approximate surface area is 215 Å². The molecule has 0 radical (unpaired) electrons. The van der Waals surface area contributed by atoms with Gasteiger partial charge in [0.25, 0.3) is 5.71 Å². The molecule has 1 fully saturated rings. The molecule has 0 bridgehead atoms. The van der Waals surface area contributed by atoms with Crippen molar-refractivity contribution in [1.29, 1.82) is 0 Å². The summed E-state index contributed by atoms with van der Waals surface area (Å²) in [4.78, 5) is 27.0. The number of piperazine rings is 1. The number of amides is 1. The molecule has 4 heterocycles. The summed E-state index contributed by atoms with van der Waals surface area (Å²) >= 11 is 1.56. The molecule has 1 aliphatic heterocycles. The molecule has 0 aliphatic carbocycles. The first kappa shape index (κ1) is 25.2. The largest absolute Gasteiger partial charge is 0.416 e. The first-order valence-corrected chi connectivity index (χ1v) is 13.0. The van der Waals surface area contributed by atoms with Crippen molar-refractivity contribution in [3.8, 4) is 11.3 Å². The minimum atomic E-state index is -4.48. The minimum absolute atomic E-state index is 0.0741. The molecule has 0 spiro atoms. The molecule has 0 atom stereocenters. The Balaban J connectivity index is 1.48. The Morgan fingerprint density at radius 1 is 1.11 bits per heavy atom. The van der Waals surface area contributed by atoms with E-state index in [0.717, 1.165) is 17.0 Å². The number of carbonyl (C=O) groups is 1. The van der Waals surface area contributed by atoms with Gasteiger partial charge in [-0.05, 0) is 29.5 Å². The van der Waals surface area contributed by atoms with Gasteiger partial charge in [-0.3, -0.25) is 4.79 Å². The van der Waals surface area contributed by atoms with Crippen LogP contribution < -0.4 is 4.90 Å². The monoisotopic (exact) mass is 529 g/mol. The number of anilines is 1. The molecule has 4 aromatic rings. The lowest BCUT2D eigenvalue weighted by Crippen LogP contribution is -2.49. The van der Waals surface area contributed by atoms with Crippen molar-refractivity contribution >= 4 is 34.2 Å². The molecule has 0 unspecified atom stereocenters. The standard InChI is InChI=1S/C26H26F3N5O2S/c1-16(2)13-20-30-24(34-10-8-33(9-11-34)21(35)15-19-7-4-12-37-19)22-23(32-36-25(22)31-20)17-5-3-6-18(14-17)26(27,28)29/h3-7,12,14,16H,8-11,13,15H2,1-2H3. The van der Waals surface area contributed by atoms with E-state index in [2.05, 4.69) is 24.0 Å². The highest BCUT2D eigenvalue weighted by atomic mass is 32.1. The van der Waals surface area contributed by atoms with Crippen LogP contribution >= 0.6 is 11.3 Å². The Kier molecular flexibility index (Phi) is 6.89. The first-order chi connectivity index (χ1) is 17.7. The molecule has 7 nitrogen and oxygen atoms in total. The molecule has 11 heteroatoms. The van der Waals surface area contributed by atoms with Gasteiger partial charge in [0, 0.05) is 43.0 Å². The highest BCUT2D eigenvalue weighted by Crippen LogP contribution is 2.37. The number of aromatic nitrogens is 3. The molecule has 0 saturated carbocycles. The highest BCUT2D eigenvalue weighted by Gasteiger charge is 2.32. The van der Waals surface area contributed by atoms with Gasteiger partial charge >= 0.3 is 6.18 Å². The van der Waals surface area contributed by atoms with Crippen molar-refractivity contribution < 1.29 is 22.5 Å². The Hall–Kier alpha value is -3.47. The van der Waals surface area contributed by atoms with Gasteiger partial charge < -0.3 is 14.3 Å². The lowest BCUT2D eigenvalue weighted by atomic mass is 10.1. The summed E-state index contributed by atoms with van der Waals surface area (Å²) in [5, 5.41) is 6.55. The maximum absolute atomic E-state index is 13.4. The van der Waals surface area contributed by atoms with Gasteiger partial charge in [-0.25, -0.2) is 4.98 Å². The van der Waals surface area contributed by atoms with Gasteiger partial charge in [0.15, 0.2) is 0 Å². The van der Waals surface area contributed by atoms with Gasteiger partial charge in [-0.1, -0.05) is 37.2 Å². The normalized spacial score (nSPS) is 14.6. The second-order valence-electron chi connectivity index (χ2n) is 9.48. The smallest absolute Gasteiger partial charge is 0.352 e. The lowest BCUT2D eigenvalue weighted by Gasteiger charge is -2.35. The van der Waals surface area contributed by atoms with Crippen LogP contribution in [0.1, 0.15) is 30.1 Å². The van der Waals surface area contributed by atoms with Crippen LogP contribution in [0.2, 0.25) is 0 Å². The van der Waals surface area contributed by atoms with E-state index in [1.54, 1.807) is 17.4 Å². The molecule has 37 heavy (non-hydrogen) atoms. The quantitative estimate of drug-likeness (QED) is 0.331. The third-order valence-electron chi connectivity index (χ3n) is 6.25. The van der Waals surface area contributed by atoms with Crippen molar-refractivity contribution in [1.82, 2.24) is 20.0 Å². The Morgan fingerprint density at radius 3 is 2.57 bits per heavy atom. The molecule has 1 amide bonds. The number of alkyl halides is 3. The lowest BCUT2D eigenvalue weighted by molar-refractivity contribution is -0.137. The number of carbonyl (C=O) groups excluding carboxylic acids is 1. The van der Waals surface area contributed by atoms with E-state index < -0.39 is 11.7 Å².